The largest absolute Gasteiger partial charge is 0.478 e. The van der Waals surface area contributed by atoms with Crippen molar-refractivity contribution in [2.24, 2.45) is 0 Å². The van der Waals surface area contributed by atoms with Crippen molar-refractivity contribution in [2.45, 2.75) is 6.92 Å². The van der Waals surface area contributed by atoms with Gasteiger partial charge in [0.2, 0.25) is 5.91 Å². The number of nitrogens with zero attached hydrogens (tertiary/aromatic N) is 1. The zero-order valence-electron chi connectivity index (χ0n) is 12.1. The Labute approximate surface area is 157 Å². The molecular formula is C13H13Br3N2O5. The summed E-state index contributed by atoms with van der Waals surface area (Å²) >= 11 is 9.57. The number of rotatable bonds is 5. The predicted octanol–water partition coefficient (Wildman–Crippen LogP) is 2.38. The third-order valence-corrected chi connectivity index (χ3v) is 5.28. The number of carbonyl (C=O) groups is 3. The lowest BCUT2D eigenvalue weighted by Crippen LogP contribution is -2.29. The van der Waals surface area contributed by atoms with Crippen molar-refractivity contribution in [3.05, 3.63) is 24.5 Å². The lowest BCUT2D eigenvalue weighted by atomic mass is 10.1. The third-order valence-electron chi connectivity index (χ3n) is 2.94. The van der Waals surface area contributed by atoms with Gasteiger partial charge in [-0.15, -0.1) is 0 Å². The van der Waals surface area contributed by atoms with Crippen LogP contribution in [0.1, 0.15) is 27.6 Å². The molecule has 0 bridgehead atoms. The standard InChI is InChI=1S/C13H13Br3N2O5/c1-5(20)18(2)11-9(15)6(12(21)17-3-4-19)8(14)7(10(11)16)13(22)23/h19H,3-4H2,1-2H3,(H,17,21)(H,22,23). The van der Waals surface area contributed by atoms with Gasteiger partial charge in [-0.1, -0.05) is 0 Å². The topological polar surface area (TPSA) is 107 Å². The molecule has 0 saturated heterocycles. The maximum Gasteiger partial charge on any atom is 0.338 e. The Morgan fingerprint density at radius 2 is 1.61 bits per heavy atom. The van der Waals surface area contributed by atoms with Crippen molar-refractivity contribution >= 4 is 71.3 Å². The minimum absolute atomic E-state index is 0.00800. The van der Waals surface area contributed by atoms with Gasteiger partial charge in [0, 0.05) is 25.0 Å². The Morgan fingerprint density at radius 3 is 2.04 bits per heavy atom. The van der Waals surface area contributed by atoms with Crippen molar-refractivity contribution in [3.63, 3.8) is 0 Å². The fourth-order valence-electron chi connectivity index (χ4n) is 1.75. The summed E-state index contributed by atoms with van der Waals surface area (Å²) in [4.78, 5) is 36.7. The van der Waals surface area contributed by atoms with E-state index in [-0.39, 0.29) is 49.3 Å². The van der Waals surface area contributed by atoms with E-state index < -0.39 is 11.9 Å². The minimum atomic E-state index is -1.27. The number of anilines is 1. The van der Waals surface area contributed by atoms with Crippen LogP contribution in [0.2, 0.25) is 0 Å². The van der Waals surface area contributed by atoms with Crippen LogP contribution < -0.4 is 10.2 Å². The Hall–Kier alpha value is -0.970. The van der Waals surface area contributed by atoms with Gasteiger partial charge in [0.1, 0.15) is 0 Å². The van der Waals surface area contributed by atoms with Gasteiger partial charge in [-0.25, -0.2) is 4.79 Å². The number of carboxylic acid groups (broad SMARTS) is 1. The summed E-state index contributed by atoms with van der Waals surface area (Å²) in [7, 11) is 1.46. The van der Waals surface area contributed by atoms with Crippen molar-refractivity contribution in [3.8, 4) is 0 Å². The number of aliphatic hydroxyl groups excluding tert-OH is 1. The quantitative estimate of drug-likeness (QED) is 0.557. The van der Waals surface area contributed by atoms with Crippen LogP contribution in [0.5, 0.6) is 0 Å². The number of nitrogens with one attached hydrogen (secondary N) is 1. The van der Waals surface area contributed by atoms with Crippen molar-refractivity contribution in [1.82, 2.24) is 5.32 Å². The second kappa shape index (κ2) is 8.22. The van der Waals surface area contributed by atoms with E-state index in [2.05, 4.69) is 53.1 Å². The molecule has 0 aliphatic rings. The van der Waals surface area contributed by atoms with Crippen LogP contribution in [0.3, 0.4) is 0 Å². The second-order valence-corrected chi connectivity index (χ2v) is 6.78. The normalized spacial score (nSPS) is 10.3. The zero-order chi connectivity index (χ0) is 17.9. The SMILES string of the molecule is CC(=O)N(C)c1c(Br)c(C(=O)O)c(Br)c(C(=O)NCCO)c1Br. The summed E-state index contributed by atoms with van der Waals surface area (Å²) in [6.45, 7) is 1.06. The zero-order valence-corrected chi connectivity index (χ0v) is 16.9. The van der Waals surface area contributed by atoms with Crippen LogP contribution in [0.4, 0.5) is 5.69 Å². The Morgan fingerprint density at radius 1 is 1.09 bits per heavy atom. The molecule has 0 atom stereocenters. The minimum Gasteiger partial charge on any atom is -0.478 e. The average molecular weight is 517 g/mol. The number of halogens is 3. The summed E-state index contributed by atoms with van der Waals surface area (Å²) in [5.41, 5.74) is 0.0415. The summed E-state index contributed by atoms with van der Waals surface area (Å²) in [5.74, 6) is -2.21. The highest BCUT2D eigenvalue weighted by atomic mass is 79.9. The maximum atomic E-state index is 12.3. The molecule has 0 aliphatic carbocycles. The first-order valence-electron chi connectivity index (χ1n) is 6.22. The van der Waals surface area contributed by atoms with Gasteiger partial charge in [-0.2, -0.15) is 0 Å². The number of carboxylic acids is 1. The number of aliphatic hydroxyl groups is 1. The van der Waals surface area contributed by atoms with Crippen LogP contribution >= 0.6 is 47.8 Å². The average Bonchev–Trinajstić information content (AvgIpc) is 2.44. The Balaban J connectivity index is 3.73. The first-order valence-corrected chi connectivity index (χ1v) is 8.60. The summed E-state index contributed by atoms with van der Waals surface area (Å²) in [5, 5.41) is 20.7. The van der Waals surface area contributed by atoms with Gasteiger partial charge in [0.25, 0.3) is 5.91 Å². The van der Waals surface area contributed by atoms with E-state index >= 15 is 0 Å². The highest BCUT2D eigenvalue weighted by Crippen LogP contribution is 2.43. The van der Waals surface area contributed by atoms with E-state index in [1.807, 2.05) is 0 Å². The molecule has 2 amide bonds. The van der Waals surface area contributed by atoms with Crippen LogP contribution in [0.25, 0.3) is 0 Å². The van der Waals surface area contributed by atoms with Gasteiger partial charge in [0.15, 0.2) is 0 Å². The van der Waals surface area contributed by atoms with Gasteiger partial charge in [-0.05, 0) is 47.8 Å². The first kappa shape index (κ1) is 20.1. The summed E-state index contributed by atoms with van der Waals surface area (Å²) in [6.07, 6.45) is 0. The molecule has 0 spiro atoms. The molecule has 0 aromatic heterocycles. The van der Waals surface area contributed by atoms with Gasteiger partial charge in [0.05, 0.1) is 32.4 Å². The molecule has 0 saturated carbocycles. The van der Waals surface area contributed by atoms with Gasteiger partial charge >= 0.3 is 5.97 Å². The van der Waals surface area contributed by atoms with E-state index in [1.54, 1.807) is 0 Å². The van der Waals surface area contributed by atoms with E-state index in [0.29, 0.717) is 0 Å². The molecule has 126 valence electrons. The smallest absolute Gasteiger partial charge is 0.338 e. The molecule has 0 aliphatic heterocycles. The molecule has 1 aromatic rings. The maximum absolute atomic E-state index is 12.3. The van der Waals surface area contributed by atoms with Crippen LogP contribution in [-0.4, -0.2) is 48.2 Å². The second-order valence-electron chi connectivity index (χ2n) is 4.40. The molecule has 0 fully saturated rings. The Kier molecular flexibility index (Phi) is 7.18. The molecule has 10 heteroatoms. The van der Waals surface area contributed by atoms with Crippen LogP contribution in [0, 0.1) is 0 Å². The summed E-state index contributed by atoms with van der Waals surface area (Å²) < 4.78 is 0.453. The lowest BCUT2D eigenvalue weighted by molar-refractivity contribution is -0.116. The predicted molar refractivity (Wildman–Crippen MR) is 95.0 cm³/mol. The van der Waals surface area contributed by atoms with E-state index in [4.69, 9.17) is 5.11 Å². The van der Waals surface area contributed by atoms with Crippen molar-refractivity contribution in [2.75, 3.05) is 25.1 Å². The lowest BCUT2D eigenvalue weighted by Gasteiger charge is -2.23. The van der Waals surface area contributed by atoms with E-state index in [9.17, 15) is 19.5 Å². The number of amides is 2. The van der Waals surface area contributed by atoms with E-state index in [1.165, 1.54) is 18.9 Å². The monoisotopic (exact) mass is 514 g/mol. The number of aromatic carboxylic acids is 1. The third kappa shape index (κ3) is 4.11. The number of hydrogen-bond donors (Lipinski definition) is 3. The molecule has 3 N–H and O–H groups in total. The highest BCUT2D eigenvalue weighted by Gasteiger charge is 2.29. The molecule has 7 nitrogen and oxygen atoms in total. The molecule has 0 radical (unpaired) electrons. The number of benzene rings is 1. The molecule has 1 rings (SSSR count). The van der Waals surface area contributed by atoms with Gasteiger partial charge in [-0.3, -0.25) is 9.59 Å². The molecule has 0 unspecified atom stereocenters. The molecule has 0 heterocycles. The Bertz CT molecular complexity index is 678. The summed E-state index contributed by atoms with van der Waals surface area (Å²) in [6, 6.07) is 0. The van der Waals surface area contributed by atoms with Gasteiger partial charge < -0.3 is 20.4 Å². The van der Waals surface area contributed by atoms with Crippen LogP contribution in [0.15, 0.2) is 13.4 Å². The first-order chi connectivity index (χ1) is 10.6. The number of hydrogen-bond acceptors (Lipinski definition) is 4. The molecule has 1 aromatic carbocycles. The number of carbonyl (C=O) groups excluding carboxylic acids is 2. The fourth-order valence-corrected chi connectivity index (χ4v) is 4.97. The molecular weight excluding hydrogens is 504 g/mol. The highest BCUT2D eigenvalue weighted by molar-refractivity contribution is 9.11. The molecule has 23 heavy (non-hydrogen) atoms. The fraction of sp³-hybridized carbons (Fsp3) is 0.308. The van der Waals surface area contributed by atoms with Crippen molar-refractivity contribution < 1.29 is 24.6 Å². The van der Waals surface area contributed by atoms with E-state index in [0.717, 1.165) is 0 Å². The van der Waals surface area contributed by atoms with Crippen molar-refractivity contribution in [1.29, 1.82) is 0 Å². The van der Waals surface area contributed by atoms with Crippen LogP contribution in [-0.2, 0) is 4.79 Å².